The summed E-state index contributed by atoms with van der Waals surface area (Å²) >= 11 is 0. The molecule has 1 aromatic rings. The Morgan fingerprint density at radius 2 is 2.00 bits per heavy atom. The van der Waals surface area contributed by atoms with Crippen LogP contribution < -0.4 is 5.32 Å². The first-order valence-corrected chi connectivity index (χ1v) is 7.66. The van der Waals surface area contributed by atoms with E-state index in [0.29, 0.717) is 5.56 Å². The molecule has 0 bridgehead atoms. The first-order valence-electron chi connectivity index (χ1n) is 7.66. The third kappa shape index (κ3) is 3.65. The van der Waals surface area contributed by atoms with Crippen molar-refractivity contribution in [3.8, 4) is 0 Å². The van der Waals surface area contributed by atoms with Crippen molar-refractivity contribution in [1.82, 2.24) is 9.88 Å². The number of esters is 1. The minimum atomic E-state index is -0.427. The van der Waals surface area contributed by atoms with Crippen molar-refractivity contribution in [1.29, 1.82) is 0 Å². The van der Waals surface area contributed by atoms with Gasteiger partial charge in [0.2, 0.25) is 0 Å². The maximum absolute atomic E-state index is 12.1. The van der Waals surface area contributed by atoms with Gasteiger partial charge in [-0.15, -0.1) is 0 Å². The van der Waals surface area contributed by atoms with E-state index >= 15 is 0 Å². The maximum atomic E-state index is 12.1. The summed E-state index contributed by atoms with van der Waals surface area (Å²) < 4.78 is 7.18. The molecule has 1 aliphatic rings. The van der Waals surface area contributed by atoms with Gasteiger partial charge in [-0.1, -0.05) is 12.8 Å². The molecule has 1 heterocycles. The van der Waals surface area contributed by atoms with Crippen LogP contribution in [0.5, 0.6) is 0 Å². The van der Waals surface area contributed by atoms with Crippen molar-refractivity contribution in [2.75, 3.05) is 6.61 Å². The van der Waals surface area contributed by atoms with Crippen molar-refractivity contribution in [3.05, 3.63) is 23.0 Å². The van der Waals surface area contributed by atoms with Crippen LogP contribution in [-0.2, 0) is 16.1 Å². The van der Waals surface area contributed by atoms with E-state index < -0.39 is 5.97 Å². The minimum Gasteiger partial charge on any atom is -0.452 e. The summed E-state index contributed by atoms with van der Waals surface area (Å²) in [6.45, 7) is 6.49. The number of hydrogen-bond donors (Lipinski definition) is 1. The Balaban J connectivity index is 1.88. The number of nitrogens with one attached hydrogen (secondary N) is 1. The normalized spacial score (nSPS) is 15.2. The topological polar surface area (TPSA) is 60.3 Å². The van der Waals surface area contributed by atoms with E-state index in [2.05, 4.69) is 9.88 Å². The van der Waals surface area contributed by atoms with Crippen LogP contribution in [0, 0.1) is 13.8 Å². The highest BCUT2D eigenvalue weighted by atomic mass is 16.5. The largest absolute Gasteiger partial charge is 0.452 e. The lowest BCUT2D eigenvalue weighted by atomic mass is 10.2. The third-order valence-electron chi connectivity index (χ3n) is 4.16. The van der Waals surface area contributed by atoms with Crippen molar-refractivity contribution in [2.24, 2.45) is 0 Å². The SMILES string of the molecule is CCn1c(C)cc(C(=O)OCC(=O)NC2CCCC2)c1C. The minimum absolute atomic E-state index is 0.203. The molecule has 0 saturated heterocycles. The summed E-state index contributed by atoms with van der Waals surface area (Å²) in [5.41, 5.74) is 2.46. The number of rotatable bonds is 5. The van der Waals surface area contributed by atoms with Gasteiger partial charge in [0.25, 0.3) is 5.91 Å². The van der Waals surface area contributed by atoms with Crippen LogP contribution in [0.4, 0.5) is 0 Å². The highest BCUT2D eigenvalue weighted by Crippen LogP contribution is 2.18. The van der Waals surface area contributed by atoms with Gasteiger partial charge in [-0.05, 0) is 39.7 Å². The first kappa shape index (κ1) is 15.6. The first-order chi connectivity index (χ1) is 10.0. The second-order valence-electron chi connectivity index (χ2n) is 5.65. The molecule has 0 aromatic carbocycles. The Hall–Kier alpha value is -1.78. The van der Waals surface area contributed by atoms with Gasteiger partial charge in [0.05, 0.1) is 5.56 Å². The molecule has 5 heteroatoms. The molecule has 0 atom stereocenters. The fourth-order valence-electron chi connectivity index (χ4n) is 3.04. The Labute approximate surface area is 125 Å². The van der Waals surface area contributed by atoms with Crippen molar-refractivity contribution >= 4 is 11.9 Å². The zero-order valence-electron chi connectivity index (χ0n) is 13.1. The Bertz CT molecular complexity index is 528. The van der Waals surface area contributed by atoms with E-state index in [-0.39, 0.29) is 18.6 Å². The lowest BCUT2D eigenvalue weighted by molar-refractivity contribution is -0.124. The number of aromatic nitrogens is 1. The number of nitrogens with zero attached hydrogens (tertiary/aromatic N) is 1. The fourth-order valence-corrected chi connectivity index (χ4v) is 3.04. The van der Waals surface area contributed by atoms with E-state index in [1.54, 1.807) is 0 Å². The van der Waals surface area contributed by atoms with Crippen LogP contribution in [-0.4, -0.2) is 29.1 Å². The standard InChI is InChI=1S/C16H24N2O3/c1-4-18-11(2)9-14(12(18)3)16(20)21-10-15(19)17-13-7-5-6-8-13/h9,13H,4-8,10H2,1-3H3,(H,17,19). The number of carbonyl (C=O) groups excluding carboxylic acids is 2. The molecule has 2 rings (SSSR count). The van der Waals surface area contributed by atoms with Crippen molar-refractivity contribution in [3.63, 3.8) is 0 Å². The highest BCUT2D eigenvalue weighted by Gasteiger charge is 2.20. The predicted molar refractivity (Wildman–Crippen MR) is 80.3 cm³/mol. The van der Waals surface area contributed by atoms with Gasteiger partial charge in [0, 0.05) is 24.0 Å². The zero-order valence-corrected chi connectivity index (χ0v) is 13.1. The molecule has 0 spiro atoms. The average molecular weight is 292 g/mol. The van der Waals surface area contributed by atoms with Gasteiger partial charge in [-0.25, -0.2) is 4.79 Å². The van der Waals surface area contributed by atoms with Crippen LogP contribution >= 0.6 is 0 Å². The number of aryl methyl sites for hydroxylation is 1. The maximum Gasteiger partial charge on any atom is 0.340 e. The third-order valence-corrected chi connectivity index (χ3v) is 4.16. The van der Waals surface area contributed by atoms with Gasteiger partial charge >= 0.3 is 5.97 Å². The van der Waals surface area contributed by atoms with E-state index in [9.17, 15) is 9.59 Å². The van der Waals surface area contributed by atoms with Crippen molar-refractivity contribution in [2.45, 2.75) is 59.0 Å². The molecule has 21 heavy (non-hydrogen) atoms. The molecule has 1 fully saturated rings. The van der Waals surface area contributed by atoms with Gasteiger partial charge in [0.15, 0.2) is 6.61 Å². The monoisotopic (exact) mass is 292 g/mol. The van der Waals surface area contributed by atoms with Gasteiger partial charge in [-0.2, -0.15) is 0 Å². The predicted octanol–water partition coefficient (Wildman–Crippen LogP) is 2.34. The van der Waals surface area contributed by atoms with Gasteiger partial charge in [0.1, 0.15) is 0 Å². The molecule has 116 valence electrons. The molecule has 1 amide bonds. The van der Waals surface area contributed by atoms with E-state index in [1.165, 1.54) is 0 Å². The summed E-state index contributed by atoms with van der Waals surface area (Å²) in [6, 6.07) is 2.07. The van der Waals surface area contributed by atoms with Crippen LogP contribution in [0.15, 0.2) is 6.07 Å². The van der Waals surface area contributed by atoms with E-state index in [0.717, 1.165) is 43.6 Å². The van der Waals surface area contributed by atoms with Gasteiger partial charge in [-0.3, -0.25) is 4.79 Å². The molecular formula is C16H24N2O3. The molecular weight excluding hydrogens is 268 g/mol. The highest BCUT2D eigenvalue weighted by molar-refractivity contribution is 5.92. The number of hydrogen-bond acceptors (Lipinski definition) is 3. The summed E-state index contributed by atoms with van der Waals surface area (Å²) in [6.07, 6.45) is 4.37. The van der Waals surface area contributed by atoms with Crippen LogP contribution in [0.3, 0.4) is 0 Å². The summed E-state index contributed by atoms with van der Waals surface area (Å²) in [5, 5.41) is 2.91. The van der Waals surface area contributed by atoms with E-state index in [1.807, 2.05) is 26.8 Å². The Morgan fingerprint density at radius 1 is 1.33 bits per heavy atom. The second-order valence-corrected chi connectivity index (χ2v) is 5.65. The zero-order chi connectivity index (χ0) is 15.4. The molecule has 0 radical (unpaired) electrons. The lowest BCUT2D eigenvalue weighted by Crippen LogP contribution is -2.35. The molecule has 0 unspecified atom stereocenters. The molecule has 5 nitrogen and oxygen atoms in total. The summed E-state index contributed by atoms with van der Waals surface area (Å²) in [5.74, 6) is -0.635. The smallest absolute Gasteiger partial charge is 0.340 e. The summed E-state index contributed by atoms with van der Waals surface area (Å²) in [4.78, 5) is 23.8. The molecule has 1 saturated carbocycles. The Morgan fingerprint density at radius 3 is 2.57 bits per heavy atom. The number of carbonyl (C=O) groups is 2. The fraction of sp³-hybridized carbons (Fsp3) is 0.625. The lowest BCUT2D eigenvalue weighted by Gasteiger charge is -2.12. The van der Waals surface area contributed by atoms with Crippen LogP contribution in [0.2, 0.25) is 0 Å². The average Bonchev–Trinajstić information content (AvgIpc) is 3.04. The molecule has 1 aliphatic carbocycles. The van der Waals surface area contributed by atoms with E-state index in [4.69, 9.17) is 4.74 Å². The summed E-state index contributed by atoms with van der Waals surface area (Å²) in [7, 11) is 0. The molecule has 0 aliphatic heterocycles. The quantitative estimate of drug-likeness (QED) is 0.847. The molecule has 1 aromatic heterocycles. The number of ether oxygens (including phenoxy) is 1. The second kappa shape index (κ2) is 6.78. The van der Waals surface area contributed by atoms with Gasteiger partial charge < -0.3 is 14.6 Å². The Kier molecular flexibility index (Phi) is 5.04. The van der Waals surface area contributed by atoms with Crippen LogP contribution in [0.1, 0.15) is 54.4 Å². The van der Waals surface area contributed by atoms with Crippen molar-refractivity contribution < 1.29 is 14.3 Å². The number of amides is 1. The molecule has 1 N–H and O–H groups in total. The van der Waals surface area contributed by atoms with Crippen LogP contribution in [0.25, 0.3) is 0 Å².